The Labute approximate surface area is 165 Å². The van der Waals surface area contributed by atoms with Gasteiger partial charge in [-0.25, -0.2) is 0 Å². The van der Waals surface area contributed by atoms with Gasteiger partial charge < -0.3 is 19.7 Å². The number of likely N-dealkylation sites (tertiary alicyclic amines) is 1. The number of nitrogens with one attached hydrogen (secondary N) is 1. The Kier molecular flexibility index (Phi) is 6.65. The van der Waals surface area contributed by atoms with Gasteiger partial charge in [0.15, 0.2) is 18.1 Å². The normalized spacial score (nSPS) is 13.7. The summed E-state index contributed by atoms with van der Waals surface area (Å²) in [6.07, 6.45) is 3.62. The number of nitrogens with zero attached hydrogens (tertiary/aromatic N) is 1. The van der Waals surface area contributed by atoms with E-state index in [1.165, 1.54) is 19.3 Å². The first-order valence-corrected chi connectivity index (χ1v) is 9.53. The van der Waals surface area contributed by atoms with Crippen molar-refractivity contribution < 1.29 is 14.3 Å². The zero-order chi connectivity index (χ0) is 19.1. The van der Waals surface area contributed by atoms with E-state index in [1.54, 1.807) is 13.2 Å². The number of rotatable bonds is 6. The maximum atomic E-state index is 12.1. The zero-order valence-corrected chi connectivity index (χ0v) is 16.3. The number of benzene rings is 2. The Morgan fingerprint density at radius 1 is 1.07 bits per heavy atom. The van der Waals surface area contributed by atoms with Crippen LogP contribution in [0.15, 0.2) is 48.5 Å². The smallest absolute Gasteiger partial charge is 0.262 e. The Bertz CT molecular complexity index is 789. The van der Waals surface area contributed by atoms with Crippen LogP contribution in [-0.4, -0.2) is 42.6 Å². The number of piperidine rings is 1. The minimum absolute atomic E-state index is 0.0961. The molecular weight excluding hydrogens is 360 g/mol. The molecule has 3 rings (SSSR count). The summed E-state index contributed by atoms with van der Waals surface area (Å²) in [6.45, 7) is 1.90. The standard InChI is InChI=1S/C21H24N2O3S/c1-25-19-14-16(21(27)23-12-6-3-7-13-23)10-11-18(19)26-15-20(24)22-17-8-4-2-5-9-17/h2,4-5,8-11,14H,3,6-7,12-13,15H2,1H3,(H,22,24). The number of ether oxygens (including phenoxy) is 2. The van der Waals surface area contributed by atoms with Crippen LogP contribution in [0.4, 0.5) is 5.69 Å². The number of amides is 1. The van der Waals surface area contributed by atoms with E-state index in [-0.39, 0.29) is 12.5 Å². The molecule has 0 spiro atoms. The van der Waals surface area contributed by atoms with Crippen molar-refractivity contribution in [2.75, 3.05) is 32.1 Å². The van der Waals surface area contributed by atoms with E-state index in [2.05, 4.69) is 10.2 Å². The fraction of sp³-hybridized carbons (Fsp3) is 0.333. The average molecular weight is 385 g/mol. The number of carbonyl (C=O) groups is 1. The topological polar surface area (TPSA) is 50.8 Å². The SMILES string of the molecule is COc1cc(C(=S)N2CCCCC2)ccc1OCC(=O)Nc1ccccc1. The predicted molar refractivity (Wildman–Crippen MR) is 111 cm³/mol. The average Bonchev–Trinajstić information content (AvgIpc) is 2.73. The van der Waals surface area contributed by atoms with Crippen molar-refractivity contribution >= 4 is 28.8 Å². The molecule has 0 unspecified atom stereocenters. The van der Waals surface area contributed by atoms with Gasteiger partial charge in [-0.1, -0.05) is 30.4 Å². The number of carbonyl (C=O) groups excluding carboxylic acids is 1. The number of thiocarbonyl (C=S) groups is 1. The number of methoxy groups -OCH3 is 1. The second kappa shape index (κ2) is 9.37. The van der Waals surface area contributed by atoms with Crippen LogP contribution < -0.4 is 14.8 Å². The van der Waals surface area contributed by atoms with Gasteiger partial charge in [-0.3, -0.25) is 4.79 Å². The lowest BCUT2D eigenvalue weighted by Crippen LogP contribution is -2.34. The van der Waals surface area contributed by atoms with Crippen molar-refractivity contribution in [2.24, 2.45) is 0 Å². The highest BCUT2D eigenvalue weighted by atomic mass is 32.1. The summed E-state index contributed by atoms with van der Waals surface area (Å²) in [6, 6.07) is 14.9. The maximum Gasteiger partial charge on any atom is 0.262 e. The summed E-state index contributed by atoms with van der Waals surface area (Å²) in [5.74, 6) is 0.862. The zero-order valence-electron chi connectivity index (χ0n) is 15.4. The Morgan fingerprint density at radius 2 is 1.81 bits per heavy atom. The lowest BCUT2D eigenvalue weighted by molar-refractivity contribution is -0.118. The third kappa shape index (κ3) is 5.20. The van der Waals surface area contributed by atoms with E-state index in [0.29, 0.717) is 11.5 Å². The van der Waals surface area contributed by atoms with Crippen molar-refractivity contribution in [3.8, 4) is 11.5 Å². The molecule has 5 nitrogen and oxygen atoms in total. The van der Waals surface area contributed by atoms with Crippen LogP contribution in [0.3, 0.4) is 0 Å². The molecule has 1 N–H and O–H groups in total. The molecule has 0 saturated carbocycles. The molecule has 6 heteroatoms. The van der Waals surface area contributed by atoms with E-state index in [0.717, 1.165) is 29.3 Å². The van der Waals surface area contributed by atoms with Crippen LogP contribution in [0.1, 0.15) is 24.8 Å². The van der Waals surface area contributed by atoms with Crippen LogP contribution in [0.2, 0.25) is 0 Å². The van der Waals surface area contributed by atoms with Crippen molar-refractivity contribution in [3.05, 3.63) is 54.1 Å². The van der Waals surface area contributed by atoms with E-state index in [4.69, 9.17) is 21.7 Å². The molecule has 1 aliphatic rings. The second-order valence-corrected chi connectivity index (χ2v) is 6.81. The summed E-state index contributed by atoms with van der Waals surface area (Å²) >= 11 is 5.64. The maximum absolute atomic E-state index is 12.1. The molecule has 0 bridgehead atoms. The number of hydrogen-bond donors (Lipinski definition) is 1. The highest BCUT2D eigenvalue weighted by Crippen LogP contribution is 2.29. The molecule has 142 valence electrons. The molecule has 2 aromatic carbocycles. The molecule has 1 amide bonds. The van der Waals surface area contributed by atoms with Crippen LogP contribution in [0.25, 0.3) is 0 Å². The summed E-state index contributed by atoms with van der Waals surface area (Å²) in [4.78, 5) is 15.1. The molecule has 1 aliphatic heterocycles. The first-order valence-electron chi connectivity index (χ1n) is 9.12. The summed E-state index contributed by atoms with van der Waals surface area (Å²) in [5, 5.41) is 2.79. The molecule has 1 heterocycles. The first kappa shape index (κ1) is 19.2. The molecular formula is C21H24N2O3S. The third-order valence-electron chi connectivity index (χ3n) is 4.47. The molecule has 0 aliphatic carbocycles. The fourth-order valence-electron chi connectivity index (χ4n) is 3.06. The predicted octanol–water partition coefficient (Wildman–Crippen LogP) is 3.87. The lowest BCUT2D eigenvalue weighted by atomic mass is 10.1. The van der Waals surface area contributed by atoms with Gasteiger partial charge in [0.05, 0.1) is 7.11 Å². The summed E-state index contributed by atoms with van der Waals surface area (Å²) in [5.41, 5.74) is 1.67. The monoisotopic (exact) mass is 384 g/mol. The second-order valence-electron chi connectivity index (χ2n) is 6.42. The van der Waals surface area contributed by atoms with Crippen molar-refractivity contribution in [2.45, 2.75) is 19.3 Å². The molecule has 1 fully saturated rings. The van der Waals surface area contributed by atoms with Crippen LogP contribution in [-0.2, 0) is 4.79 Å². The quantitative estimate of drug-likeness (QED) is 0.766. The highest BCUT2D eigenvalue weighted by Gasteiger charge is 2.17. The van der Waals surface area contributed by atoms with E-state index in [1.807, 2.05) is 42.5 Å². The molecule has 0 aromatic heterocycles. The largest absolute Gasteiger partial charge is 0.493 e. The van der Waals surface area contributed by atoms with Crippen LogP contribution >= 0.6 is 12.2 Å². The lowest BCUT2D eigenvalue weighted by Gasteiger charge is -2.29. The Morgan fingerprint density at radius 3 is 2.52 bits per heavy atom. The molecule has 2 aromatic rings. The van der Waals surface area contributed by atoms with Crippen molar-refractivity contribution in [3.63, 3.8) is 0 Å². The number of para-hydroxylation sites is 1. The van der Waals surface area contributed by atoms with Gasteiger partial charge in [0, 0.05) is 24.3 Å². The molecule has 0 atom stereocenters. The van der Waals surface area contributed by atoms with Crippen LogP contribution in [0.5, 0.6) is 11.5 Å². The third-order valence-corrected chi connectivity index (χ3v) is 4.96. The minimum Gasteiger partial charge on any atom is -0.493 e. The fourth-order valence-corrected chi connectivity index (χ4v) is 3.37. The van der Waals surface area contributed by atoms with E-state index >= 15 is 0 Å². The van der Waals surface area contributed by atoms with E-state index in [9.17, 15) is 4.79 Å². The number of anilines is 1. The number of hydrogen-bond acceptors (Lipinski definition) is 4. The molecule has 0 radical (unpaired) electrons. The van der Waals surface area contributed by atoms with Gasteiger partial charge in [-0.05, 0) is 49.6 Å². The van der Waals surface area contributed by atoms with Gasteiger partial charge in [0.25, 0.3) is 5.91 Å². The molecule has 1 saturated heterocycles. The molecule has 27 heavy (non-hydrogen) atoms. The van der Waals surface area contributed by atoms with Gasteiger partial charge in [-0.2, -0.15) is 0 Å². The summed E-state index contributed by atoms with van der Waals surface area (Å²) in [7, 11) is 1.58. The van der Waals surface area contributed by atoms with Gasteiger partial charge in [0.1, 0.15) is 4.99 Å². The van der Waals surface area contributed by atoms with Gasteiger partial charge in [0.2, 0.25) is 0 Å². The Hall–Kier alpha value is -2.60. The van der Waals surface area contributed by atoms with Crippen molar-refractivity contribution in [1.82, 2.24) is 4.90 Å². The van der Waals surface area contributed by atoms with E-state index < -0.39 is 0 Å². The van der Waals surface area contributed by atoms with Gasteiger partial charge >= 0.3 is 0 Å². The van der Waals surface area contributed by atoms with Crippen molar-refractivity contribution in [1.29, 1.82) is 0 Å². The highest BCUT2D eigenvalue weighted by molar-refractivity contribution is 7.80. The Balaban J connectivity index is 1.62. The first-order chi connectivity index (χ1) is 13.2. The summed E-state index contributed by atoms with van der Waals surface area (Å²) < 4.78 is 11.1. The van der Waals surface area contributed by atoms with Gasteiger partial charge in [-0.15, -0.1) is 0 Å². The van der Waals surface area contributed by atoms with Crippen LogP contribution in [0, 0.1) is 0 Å². The minimum atomic E-state index is -0.226.